The average Bonchev–Trinajstić information content (AvgIpc) is 2.17. The van der Waals surface area contributed by atoms with Gasteiger partial charge in [-0.3, -0.25) is 0 Å². The maximum Gasteiger partial charge on any atom is -0.0126 e. The summed E-state index contributed by atoms with van der Waals surface area (Å²) in [6.45, 7) is 10.5. The molecule has 0 N–H and O–H groups in total. The molecule has 0 aromatic rings. The zero-order valence-electron chi connectivity index (χ0n) is 10.4. The van der Waals surface area contributed by atoms with Gasteiger partial charge in [0.05, 0.1) is 0 Å². The fourth-order valence-electron chi connectivity index (χ4n) is 0.854. The summed E-state index contributed by atoms with van der Waals surface area (Å²) in [6, 6.07) is 0. The molecule has 0 saturated heterocycles. The first-order valence-electron chi connectivity index (χ1n) is 5.94. The fourth-order valence-corrected chi connectivity index (χ4v) is 0.854. The Morgan fingerprint density at radius 1 is 0.692 bits per heavy atom. The largest absolute Gasteiger partial charge is 0.180 e. The normalized spacial score (nSPS) is 7.85. The lowest BCUT2D eigenvalue weighted by molar-refractivity contribution is 0.624. The summed E-state index contributed by atoms with van der Waals surface area (Å²) in [6.07, 6.45) is 8.49. The highest BCUT2D eigenvalue weighted by Gasteiger charge is 1.83. The standard InChI is InChI=1S/C8H18.C2H6S.C2H6/c1-3-5-7-8-6-4-2;1-2-3;1-2/h3-8H2,1-2H3;3H,2H2,1H3;1-2H3. The molecule has 0 radical (unpaired) electrons. The molecule has 0 aliphatic heterocycles. The maximum atomic E-state index is 3.79. The van der Waals surface area contributed by atoms with Crippen molar-refractivity contribution in [2.24, 2.45) is 0 Å². The predicted octanol–water partition coefficient (Wildman–Crippen LogP) is 5.33. The molecule has 0 amide bonds. The minimum atomic E-state index is 0.944. The maximum absolute atomic E-state index is 3.79. The Balaban J connectivity index is -0.000000169. The number of unbranched alkanes of at least 4 members (excludes halogenated alkanes) is 5. The molecule has 0 saturated carbocycles. The van der Waals surface area contributed by atoms with Gasteiger partial charge in [-0.1, -0.05) is 73.1 Å². The molecule has 0 atom stereocenters. The third-order valence-electron chi connectivity index (χ3n) is 1.46. The van der Waals surface area contributed by atoms with Crippen LogP contribution in [-0.4, -0.2) is 5.75 Å². The first kappa shape index (κ1) is 19.0. The van der Waals surface area contributed by atoms with Gasteiger partial charge in [0.25, 0.3) is 0 Å². The van der Waals surface area contributed by atoms with E-state index in [0.717, 1.165) is 5.75 Å². The molecule has 84 valence electrons. The van der Waals surface area contributed by atoms with E-state index in [0.29, 0.717) is 0 Å². The van der Waals surface area contributed by atoms with Crippen LogP contribution in [0.25, 0.3) is 0 Å². The summed E-state index contributed by atoms with van der Waals surface area (Å²) in [4.78, 5) is 0. The van der Waals surface area contributed by atoms with Crippen LogP contribution in [-0.2, 0) is 0 Å². The van der Waals surface area contributed by atoms with Gasteiger partial charge in [-0.25, -0.2) is 0 Å². The van der Waals surface area contributed by atoms with Crippen LogP contribution < -0.4 is 0 Å². The van der Waals surface area contributed by atoms with E-state index in [1.165, 1.54) is 38.5 Å². The highest BCUT2D eigenvalue weighted by atomic mass is 32.1. The molecule has 1 heteroatoms. The van der Waals surface area contributed by atoms with Gasteiger partial charge in [0, 0.05) is 0 Å². The summed E-state index contributed by atoms with van der Waals surface area (Å²) < 4.78 is 0. The lowest BCUT2D eigenvalue weighted by Gasteiger charge is -1.93. The third kappa shape index (κ3) is 46.2. The molecule has 0 aliphatic rings. The fraction of sp³-hybridized carbons (Fsp3) is 1.00. The molecule has 0 spiro atoms. The van der Waals surface area contributed by atoms with Crippen LogP contribution in [0.15, 0.2) is 0 Å². The SMILES string of the molecule is CC.CCCCCCCC.CCS. The second kappa shape index (κ2) is 29.4. The van der Waals surface area contributed by atoms with Crippen molar-refractivity contribution in [2.75, 3.05) is 5.75 Å². The van der Waals surface area contributed by atoms with Crippen molar-refractivity contribution in [3.8, 4) is 0 Å². The van der Waals surface area contributed by atoms with E-state index in [2.05, 4.69) is 26.5 Å². The summed E-state index contributed by atoms with van der Waals surface area (Å²) >= 11 is 3.79. The first-order valence-corrected chi connectivity index (χ1v) is 6.57. The molecule has 0 heterocycles. The van der Waals surface area contributed by atoms with Crippen LogP contribution >= 0.6 is 12.6 Å². The topological polar surface area (TPSA) is 0 Å². The van der Waals surface area contributed by atoms with Crippen molar-refractivity contribution < 1.29 is 0 Å². The van der Waals surface area contributed by atoms with Crippen molar-refractivity contribution in [1.82, 2.24) is 0 Å². The monoisotopic (exact) mass is 206 g/mol. The van der Waals surface area contributed by atoms with Crippen LogP contribution in [0.4, 0.5) is 0 Å². The average molecular weight is 206 g/mol. The Bertz CT molecular complexity index is 38.4. The molecule has 0 aromatic carbocycles. The van der Waals surface area contributed by atoms with E-state index in [-0.39, 0.29) is 0 Å². The highest BCUT2D eigenvalue weighted by molar-refractivity contribution is 7.80. The van der Waals surface area contributed by atoms with Gasteiger partial charge in [0.15, 0.2) is 0 Å². The van der Waals surface area contributed by atoms with Gasteiger partial charge < -0.3 is 0 Å². The number of hydrogen-bond donors (Lipinski definition) is 1. The molecule has 0 fully saturated rings. The second-order valence-corrected chi connectivity index (χ2v) is 3.36. The van der Waals surface area contributed by atoms with Crippen LogP contribution in [0.3, 0.4) is 0 Å². The van der Waals surface area contributed by atoms with E-state index in [4.69, 9.17) is 0 Å². The summed E-state index contributed by atoms with van der Waals surface area (Å²) in [7, 11) is 0. The Hall–Kier alpha value is 0.350. The molecule has 0 aliphatic carbocycles. The highest BCUT2D eigenvalue weighted by Crippen LogP contribution is 2.03. The van der Waals surface area contributed by atoms with E-state index >= 15 is 0 Å². The molecule has 0 rings (SSSR count). The van der Waals surface area contributed by atoms with E-state index in [1.807, 2.05) is 20.8 Å². The number of rotatable bonds is 5. The summed E-state index contributed by atoms with van der Waals surface area (Å²) in [5.74, 6) is 0.944. The van der Waals surface area contributed by atoms with E-state index in [1.54, 1.807) is 0 Å². The second-order valence-electron chi connectivity index (χ2n) is 2.73. The van der Waals surface area contributed by atoms with E-state index < -0.39 is 0 Å². The number of hydrogen-bond acceptors (Lipinski definition) is 1. The summed E-state index contributed by atoms with van der Waals surface area (Å²) in [5.41, 5.74) is 0. The lowest BCUT2D eigenvalue weighted by Crippen LogP contribution is -1.73. The predicted molar refractivity (Wildman–Crippen MR) is 69.9 cm³/mol. The zero-order chi connectivity index (χ0) is 10.9. The summed E-state index contributed by atoms with van der Waals surface area (Å²) in [5, 5.41) is 0. The van der Waals surface area contributed by atoms with Gasteiger partial charge in [-0.2, -0.15) is 12.6 Å². The van der Waals surface area contributed by atoms with Crippen molar-refractivity contribution in [2.45, 2.75) is 73.1 Å². The first-order chi connectivity index (χ1) is 6.33. The van der Waals surface area contributed by atoms with Crippen LogP contribution in [0, 0.1) is 0 Å². The Kier molecular flexibility index (Phi) is 43.1. The molecule has 0 aromatic heterocycles. The van der Waals surface area contributed by atoms with Crippen LogP contribution in [0.5, 0.6) is 0 Å². The Morgan fingerprint density at radius 3 is 1.08 bits per heavy atom. The lowest BCUT2D eigenvalue weighted by atomic mass is 10.1. The van der Waals surface area contributed by atoms with Gasteiger partial charge in [-0.05, 0) is 5.75 Å². The van der Waals surface area contributed by atoms with Gasteiger partial charge in [-0.15, -0.1) is 0 Å². The zero-order valence-corrected chi connectivity index (χ0v) is 11.3. The minimum Gasteiger partial charge on any atom is -0.180 e. The van der Waals surface area contributed by atoms with Crippen molar-refractivity contribution in [1.29, 1.82) is 0 Å². The molecular formula is C12H30S. The molecular weight excluding hydrogens is 176 g/mol. The van der Waals surface area contributed by atoms with Crippen molar-refractivity contribution in [3.63, 3.8) is 0 Å². The van der Waals surface area contributed by atoms with Gasteiger partial charge in [0.1, 0.15) is 0 Å². The number of thiol groups is 1. The van der Waals surface area contributed by atoms with E-state index in [9.17, 15) is 0 Å². The minimum absolute atomic E-state index is 0.944. The third-order valence-corrected chi connectivity index (χ3v) is 1.46. The Morgan fingerprint density at radius 2 is 0.923 bits per heavy atom. The molecule has 13 heavy (non-hydrogen) atoms. The molecule has 0 unspecified atom stereocenters. The smallest absolute Gasteiger partial charge is 0.0126 e. The molecule has 0 bridgehead atoms. The van der Waals surface area contributed by atoms with Gasteiger partial charge >= 0.3 is 0 Å². The van der Waals surface area contributed by atoms with Crippen molar-refractivity contribution >= 4 is 12.6 Å². The van der Waals surface area contributed by atoms with Gasteiger partial charge in [0.2, 0.25) is 0 Å². The van der Waals surface area contributed by atoms with Crippen LogP contribution in [0.1, 0.15) is 73.1 Å². The van der Waals surface area contributed by atoms with Crippen LogP contribution in [0.2, 0.25) is 0 Å². The quantitative estimate of drug-likeness (QED) is 0.456. The molecule has 0 nitrogen and oxygen atoms in total. The van der Waals surface area contributed by atoms with Crippen molar-refractivity contribution in [3.05, 3.63) is 0 Å². The Labute approximate surface area is 91.9 Å².